The molecule has 0 bridgehead atoms. The Bertz CT molecular complexity index is 564. The van der Waals surface area contributed by atoms with Crippen LogP contribution in [0.4, 0.5) is 5.69 Å². The van der Waals surface area contributed by atoms with Gasteiger partial charge in [-0.1, -0.05) is 42.5 Å². The largest absolute Gasteiger partial charge is 0.399 e. The lowest BCUT2D eigenvalue weighted by molar-refractivity contribution is -0.130. The first-order chi connectivity index (χ1) is 10.2. The van der Waals surface area contributed by atoms with Gasteiger partial charge in [-0.2, -0.15) is 0 Å². The van der Waals surface area contributed by atoms with Gasteiger partial charge in [0.2, 0.25) is 5.91 Å². The molecule has 0 radical (unpaired) electrons. The van der Waals surface area contributed by atoms with E-state index in [9.17, 15) is 4.79 Å². The van der Waals surface area contributed by atoms with Crippen LogP contribution in [-0.2, 0) is 17.6 Å². The standard InChI is InChI=1S/C18H22N2O/c1-2-20(13-12-15-6-4-3-5-7-15)18(21)14-16-8-10-17(19)11-9-16/h3-11H,2,12-14,19H2,1H3. The lowest BCUT2D eigenvalue weighted by Gasteiger charge is -2.21. The number of hydrogen-bond acceptors (Lipinski definition) is 2. The molecule has 0 saturated heterocycles. The van der Waals surface area contributed by atoms with Gasteiger partial charge in [-0.3, -0.25) is 4.79 Å². The highest BCUT2D eigenvalue weighted by molar-refractivity contribution is 5.78. The van der Waals surface area contributed by atoms with Crippen LogP contribution in [0, 0.1) is 0 Å². The second-order valence-corrected chi connectivity index (χ2v) is 5.13. The number of amides is 1. The fraction of sp³-hybridized carbons (Fsp3) is 0.278. The maximum atomic E-state index is 12.3. The Morgan fingerprint density at radius 2 is 1.67 bits per heavy atom. The van der Waals surface area contributed by atoms with Crippen LogP contribution >= 0.6 is 0 Å². The molecule has 0 spiro atoms. The van der Waals surface area contributed by atoms with Gasteiger partial charge in [0.25, 0.3) is 0 Å². The van der Waals surface area contributed by atoms with Crippen molar-refractivity contribution in [1.29, 1.82) is 0 Å². The minimum atomic E-state index is 0.165. The Kier molecular flexibility index (Phi) is 5.38. The lowest BCUT2D eigenvalue weighted by Crippen LogP contribution is -2.33. The SMILES string of the molecule is CCN(CCc1ccccc1)C(=O)Cc1ccc(N)cc1. The summed E-state index contributed by atoms with van der Waals surface area (Å²) in [4.78, 5) is 14.3. The molecule has 21 heavy (non-hydrogen) atoms. The van der Waals surface area contributed by atoms with Gasteiger partial charge in [0, 0.05) is 18.8 Å². The zero-order chi connectivity index (χ0) is 15.1. The number of hydrogen-bond donors (Lipinski definition) is 1. The van der Waals surface area contributed by atoms with Crippen LogP contribution in [0.3, 0.4) is 0 Å². The van der Waals surface area contributed by atoms with Crippen LogP contribution in [0.15, 0.2) is 54.6 Å². The van der Waals surface area contributed by atoms with E-state index in [-0.39, 0.29) is 5.91 Å². The van der Waals surface area contributed by atoms with Crippen molar-refractivity contribution < 1.29 is 4.79 Å². The topological polar surface area (TPSA) is 46.3 Å². The summed E-state index contributed by atoms with van der Waals surface area (Å²) in [6, 6.07) is 17.8. The molecule has 2 aromatic carbocycles. The third-order valence-corrected chi connectivity index (χ3v) is 3.58. The van der Waals surface area contributed by atoms with Gasteiger partial charge >= 0.3 is 0 Å². The highest BCUT2D eigenvalue weighted by Gasteiger charge is 2.12. The van der Waals surface area contributed by atoms with Crippen LogP contribution in [0.1, 0.15) is 18.1 Å². The van der Waals surface area contributed by atoms with E-state index in [1.165, 1.54) is 5.56 Å². The summed E-state index contributed by atoms with van der Waals surface area (Å²) in [5.41, 5.74) is 8.65. The zero-order valence-corrected chi connectivity index (χ0v) is 12.5. The monoisotopic (exact) mass is 282 g/mol. The number of anilines is 1. The Labute approximate surface area is 126 Å². The lowest BCUT2D eigenvalue weighted by atomic mass is 10.1. The number of nitrogens with zero attached hydrogens (tertiary/aromatic N) is 1. The first-order valence-corrected chi connectivity index (χ1v) is 7.35. The zero-order valence-electron chi connectivity index (χ0n) is 12.5. The molecule has 110 valence electrons. The summed E-state index contributed by atoms with van der Waals surface area (Å²) < 4.78 is 0. The summed E-state index contributed by atoms with van der Waals surface area (Å²) in [7, 11) is 0. The molecular weight excluding hydrogens is 260 g/mol. The van der Waals surface area contributed by atoms with E-state index in [1.807, 2.05) is 54.3 Å². The summed E-state index contributed by atoms with van der Waals surface area (Å²) >= 11 is 0. The van der Waals surface area contributed by atoms with E-state index in [4.69, 9.17) is 5.73 Å². The van der Waals surface area contributed by atoms with E-state index in [0.717, 1.165) is 30.8 Å². The molecule has 0 aliphatic carbocycles. The van der Waals surface area contributed by atoms with Crippen molar-refractivity contribution in [2.45, 2.75) is 19.8 Å². The van der Waals surface area contributed by atoms with Gasteiger partial charge in [-0.15, -0.1) is 0 Å². The summed E-state index contributed by atoms with van der Waals surface area (Å²) in [5.74, 6) is 0.165. The van der Waals surface area contributed by atoms with Crippen LogP contribution in [0.25, 0.3) is 0 Å². The molecule has 1 amide bonds. The summed E-state index contributed by atoms with van der Waals surface area (Å²) in [6.07, 6.45) is 1.32. The number of carbonyl (C=O) groups is 1. The van der Waals surface area contributed by atoms with Gasteiger partial charge in [0.1, 0.15) is 0 Å². The number of rotatable bonds is 6. The molecule has 3 heteroatoms. The minimum Gasteiger partial charge on any atom is -0.399 e. The molecule has 2 N–H and O–H groups in total. The van der Waals surface area contributed by atoms with Crippen molar-refractivity contribution >= 4 is 11.6 Å². The van der Waals surface area contributed by atoms with E-state index in [1.54, 1.807) is 0 Å². The van der Waals surface area contributed by atoms with E-state index in [2.05, 4.69) is 12.1 Å². The normalized spacial score (nSPS) is 10.3. The number of benzene rings is 2. The van der Waals surface area contributed by atoms with E-state index in [0.29, 0.717) is 6.42 Å². The van der Waals surface area contributed by atoms with Gasteiger partial charge in [0.05, 0.1) is 6.42 Å². The minimum absolute atomic E-state index is 0.165. The predicted molar refractivity (Wildman–Crippen MR) is 87.0 cm³/mol. The molecule has 0 aliphatic rings. The number of nitrogens with two attached hydrogens (primary N) is 1. The average Bonchev–Trinajstić information content (AvgIpc) is 2.51. The molecule has 0 fully saturated rings. The maximum Gasteiger partial charge on any atom is 0.226 e. The van der Waals surface area contributed by atoms with Gasteiger partial charge in [0.15, 0.2) is 0 Å². The molecule has 2 rings (SSSR count). The molecule has 0 heterocycles. The average molecular weight is 282 g/mol. The molecule has 3 nitrogen and oxygen atoms in total. The highest BCUT2D eigenvalue weighted by atomic mass is 16.2. The fourth-order valence-electron chi connectivity index (χ4n) is 2.29. The Morgan fingerprint density at radius 1 is 1.00 bits per heavy atom. The second-order valence-electron chi connectivity index (χ2n) is 5.13. The van der Waals surface area contributed by atoms with Crippen LogP contribution in [0.5, 0.6) is 0 Å². The molecule has 2 aromatic rings. The third-order valence-electron chi connectivity index (χ3n) is 3.58. The number of nitrogen functional groups attached to an aromatic ring is 1. The van der Waals surface area contributed by atoms with Gasteiger partial charge in [-0.25, -0.2) is 0 Å². The number of likely N-dealkylation sites (N-methyl/N-ethyl adjacent to an activating group) is 1. The van der Waals surface area contributed by atoms with Crippen molar-refractivity contribution in [2.24, 2.45) is 0 Å². The first-order valence-electron chi connectivity index (χ1n) is 7.35. The quantitative estimate of drug-likeness (QED) is 0.828. The van der Waals surface area contributed by atoms with Crippen molar-refractivity contribution in [3.8, 4) is 0 Å². The highest BCUT2D eigenvalue weighted by Crippen LogP contribution is 2.08. The summed E-state index contributed by atoms with van der Waals surface area (Å²) in [6.45, 7) is 3.51. The van der Waals surface area contributed by atoms with E-state index < -0.39 is 0 Å². The van der Waals surface area contributed by atoms with E-state index >= 15 is 0 Å². The molecule has 0 atom stereocenters. The smallest absolute Gasteiger partial charge is 0.226 e. The van der Waals surface area contributed by atoms with Crippen LogP contribution in [-0.4, -0.2) is 23.9 Å². The number of carbonyl (C=O) groups excluding carboxylic acids is 1. The Morgan fingerprint density at radius 3 is 2.29 bits per heavy atom. The predicted octanol–water partition coefficient (Wildman–Crippen LogP) is 2.90. The molecule has 0 aromatic heterocycles. The molecule has 0 saturated carbocycles. The first kappa shape index (κ1) is 15.1. The van der Waals surface area contributed by atoms with Crippen molar-refractivity contribution in [3.05, 3.63) is 65.7 Å². The maximum absolute atomic E-state index is 12.3. The van der Waals surface area contributed by atoms with Crippen molar-refractivity contribution in [3.63, 3.8) is 0 Å². The third kappa shape index (κ3) is 4.63. The summed E-state index contributed by atoms with van der Waals surface area (Å²) in [5, 5.41) is 0. The van der Waals surface area contributed by atoms with Gasteiger partial charge in [-0.05, 0) is 36.6 Å². The van der Waals surface area contributed by atoms with Crippen molar-refractivity contribution in [1.82, 2.24) is 4.90 Å². The fourth-order valence-corrected chi connectivity index (χ4v) is 2.29. The van der Waals surface area contributed by atoms with Gasteiger partial charge < -0.3 is 10.6 Å². The second kappa shape index (κ2) is 7.48. The Balaban J connectivity index is 1.90. The Hall–Kier alpha value is -2.29. The molecular formula is C18H22N2O. The molecule has 0 aliphatic heterocycles. The van der Waals surface area contributed by atoms with Crippen LogP contribution in [0.2, 0.25) is 0 Å². The van der Waals surface area contributed by atoms with Crippen molar-refractivity contribution in [2.75, 3.05) is 18.8 Å². The van der Waals surface area contributed by atoms with Crippen LogP contribution < -0.4 is 5.73 Å². The molecule has 0 unspecified atom stereocenters.